The Balaban J connectivity index is 1.74. The Labute approximate surface area is 131 Å². The molecular weight excluding hydrogens is 274 g/mol. The van der Waals surface area contributed by atoms with Gasteiger partial charge < -0.3 is 16.4 Å². The van der Waals surface area contributed by atoms with E-state index in [2.05, 4.69) is 39.7 Å². The number of hydrogen-bond acceptors (Lipinski definition) is 5. The molecule has 0 aliphatic heterocycles. The lowest BCUT2D eigenvalue weighted by atomic mass is 9.95. The number of rotatable bonds is 4. The topological polar surface area (TPSA) is 75.9 Å². The second-order valence-corrected chi connectivity index (χ2v) is 5.95. The van der Waals surface area contributed by atoms with Gasteiger partial charge in [-0.3, -0.25) is 0 Å². The molecule has 2 aromatic rings. The average molecular weight is 297 g/mol. The Morgan fingerprint density at radius 3 is 2.41 bits per heavy atom. The van der Waals surface area contributed by atoms with Crippen molar-refractivity contribution in [3.63, 3.8) is 0 Å². The van der Waals surface area contributed by atoms with Gasteiger partial charge >= 0.3 is 0 Å². The van der Waals surface area contributed by atoms with Crippen molar-refractivity contribution in [2.24, 2.45) is 0 Å². The molecule has 0 radical (unpaired) electrons. The maximum atomic E-state index is 6.23. The summed E-state index contributed by atoms with van der Waals surface area (Å²) in [5.41, 5.74) is 9.00. The summed E-state index contributed by atoms with van der Waals surface area (Å²) in [6.07, 6.45) is 7.80. The van der Waals surface area contributed by atoms with E-state index in [1.165, 1.54) is 37.7 Å². The van der Waals surface area contributed by atoms with Crippen LogP contribution in [0.25, 0.3) is 0 Å². The van der Waals surface area contributed by atoms with E-state index in [0.29, 0.717) is 17.5 Å². The lowest BCUT2D eigenvalue weighted by molar-refractivity contribution is 0.462. The van der Waals surface area contributed by atoms with Crippen molar-refractivity contribution in [2.45, 2.75) is 45.1 Å². The minimum atomic E-state index is 0.471. The van der Waals surface area contributed by atoms with Gasteiger partial charge in [0.05, 0.1) is 0 Å². The summed E-state index contributed by atoms with van der Waals surface area (Å²) in [5.74, 6) is 1.38. The van der Waals surface area contributed by atoms with Gasteiger partial charge in [0.15, 0.2) is 11.6 Å². The molecule has 0 bridgehead atoms. The summed E-state index contributed by atoms with van der Waals surface area (Å²) in [6.45, 7) is 2.06. The summed E-state index contributed by atoms with van der Waals surface area (Å²) in [6, 6.07) is 8.62. The smallest absolute Gasteiger partial charge is 0.159 e. The zero-order chi connectivity index (χ0) is 15.4. The molecule has 1 aliphatic carbocycles. The highest BCUT2D eigenvalue weighted by Gasteiger charge is 2.16. The van der Waals surface area contributed by atoms with E-state index in [-0.39, 0.29) is 0 Å². The minimum absolute atomic E-state index is 0.471. The number of nitrogens with one attached hydrogen (secondary N) is 2. The van der Waals surface area contributed by atoms with Crippen molar-refractivity contribution in [3.8, 4) is 0 Å². The quantitative estimate of drug-likeness (QED) is 0.799. The first-order valence-electron chi connectivity index (χ1n) is 7.93. The summed E-state index contributed by atoms with van der Waals surface area (Å²) >= 11 is 0. The lowest BCUT2D eigenvalue weighted by Crippen LogP contribution is -2.23. The molecule has 0 atom stereocenters. The van der Waals surface area contributed by atoms with E-state index in [1.54, 1.807) is 6.33 Å². The second-order valence-electron chi connectivity index (χ2n) is 5.95. The predicted octanol–water partition coefficient (Wildman–Crippen LogP) is 3.86. The number of aryl methyl sites for hydroxylation is 1. The van der Waals surface area contributed by atoms with Gasteiger partial charge in [-0.2, -0.15) is 0 Å². The average Bonchev–Trinajstić information content (AvgIpc) is 2.54. The monoisotopic (exact) mass is 297 g/mol. The van der Waals surface area contributed by atoms with Crippen LogP contribution in [-0.2, 0) is 0 Å². The van der Waals surface area contributed by atoms with E-state index in [9.17, 15) is 0 Å². The van der Waals surface area contributed by atoms with Crippen LogP contribution in [0.3, 0.4) is 0 Å². The number of anilines is 4. The zero-order valence-electron chi connectivity index (χ0n) is 13.0. The molecule has 116 valence electrons. The standard InChI is InChI=1S/C17H23N5/c1-12-7-9-14(10-8-12)22-17-15(18)16(19-11-20-17)21-13-5-3-2-4-6-13/h7-11,13H,2-6,18H2,1H3,(H2,19,20,21,22). The maximum Gasteiger partial charge on any atom is 0.159 e. The first kappa shape index (κ1) is 14.6. The predicted molar refractivity (Wildman–Crippen MR) is 91.4 cm³/mol. The van der Waals surface area contributed by atoms with E-state index in [0.717, 1.165) is 11.5 Å². The molecule has 5 nitrogen and oxygen atoms in total. The van der Waals surface area contributed by atoms with Crippen molar-refractivity contribution < 1.29 is 0 Å². The van der Waals surface area contributed by atoms with E-state index >= 15 is 0 Å². The van der Waals surface area contributed by atoms with Crippen molar-refractivity contribution in [1.82, 2.24) is 9.97 Å². The van der Waals surface area contributed by atoms with Crippen LogP contribution in [0.2, 0.25) is 0 Å². The van der Waals surface area contributed by atoms with Crippen LogP contribution in [0.5, 0.6) is 0 Å². The van der Waals surface area contributed by atoms with Crippen LogP contribution in [0.1, 0.15) is 37.7 Å². The summed E-state index contributed by atoms with van der Waals surface area (Å²) in [4.78, 5) is 8.56. The number of nitrogens with two attached hydrogens (primary N) is 1. The van der Waals surface area contributed by atoms with Crippen LogP contribution < -0.4 is 16.4 Å². The van der Waals surface area contributed by atoms with Gasteiger partial charge in [-0.05, 0) is 31.9 Å². The number of hydrogen-bond donors (Lipinski definition) is 3. The van der Waals surface area contributed by atoms with Gasteiger partial charge in [0.1, 0.15) is 12.0 Å². The maximum absolute atomic E-state index is 6.23. The molecule has 4 N–H and O–H groups in total. The molecule has 1 aliphatic rings. The molecule has 1 aromatic heterocycles. The van der Waals surface area contributed by atoms with Crippen LogP contribution in [0, 0.1) is 6.92 Å². The van der Waals surface area contributed by atoms with Crippen molar-refractivity contribution in [3.05, 3.63) is 36.2 Å². The van der Waals surface area contributed by atoms with Crippen LogP contribution in [-0.4, -0.2) is 16.0 Å². The third-order valence-electron chi connectivity index (χ3n) is 4.14. The molecular formula is C17H23N5. The molecule has 3 rings (SSSR count). The first-order valence-corrected chi connectivity index (χ1v) is 7.93. The van der Waals surface area contributed by atoms with Gasteiger partial charge in [-0.25, -0.2) is 9.97 Å². The van der Waals surface area contributed by atoms with Gasteiger partial charge in [0, 0.05) is 11.7 Å². The highest BCUT2D eigenvalue weighted by molar-refractivity contribution is 5.77. The Morgan fingerprint density at radius 2 is 1.68 bits per heavy atom. The van der Waals surface area contributed by atoms with Gasteiger partial charge in [0.25, 0.3) is 0 Å². The third kappa shape index (κ3) is 3.47. The molecule has 1 saturated carbocycles. The van der Waals surface area contributed by atoms with Gasteiger partial charge in [-0.15, -0.1) is 0 Å². The van der Waals surface area contributed by atoms with Crippen LogP contribution in [0.4, 0.5) is 23.0 Å². The normalized spacial score (nSPS) is 15.5. The number of nitrogen functional groups attached to an aromatic ring is 1. The van der Waals surface area contributed by atoms with Crippen molar-refractivity contribution in [1.29, 1.82) is 0 Å². The van der Waals surface area contributed by atoms with Gasteiger partial charge in [-0.1, -0.05) is 37.0 Å². The largest absolute Gasteiger partial charge is 0.393 e. The fourth-order valence-corrected chi connectivity index (χ4v) is 2.82. The molecule has 1 heterocycles. The molecule has 5 heteroatoms. The Kier molecular flexibility index (Phi) is 4.42. The van der Waals surface area contributed by atoms with E-state index < -0.39 is 0 Å². The Hall–Kier alpha value is -2.30. The fourth-order valence-electron chi connectivity index (χ4n) is 2.82. The molecule has 0 unspecified atom stereocenters. The molecule has 22 heavy (non-hydrogen) atoms. The first-order chi connectivity index (χ1) is 10.7. The molecule has 1 fully saturated rings. The van der Waals surface area contributed by atoms with E-state index in [1.807, 2.05) is 12.1 Å². The number of benzene rings is 1. The number of nitrogens with zero attached hydrogens (tertiary/aromatic N) is 2. The Bertz CT molecular complexity index is 617. The summed E-state index contributed by atoms with van der Waals surface area (Å²) in [5, 5.41) is 6.73. The highest BCUT2D eigenvalue weighted by Crippen LogP contribution is 2.28. The van der Waals surface area contributed by atoms with Crippen LogP contribution in [0.15, 0.2) is 30.6 Å². The summed E-state index contributed by atoms with van der Waals surface area (Å²) < 4.78 is 0. The van der Waals surface area contributed by atoms with Crippen molar-refractivity contribution in [2.75, 3.05) is 16.4 Å². The number of aromatic nitrogens is 2. The van der Waals surface area contributed by atoms with Gasteiger partial charge in [0.2, 0.25) is 0 Å². The highest BCUT2D eigenvalue weighted by atomic mass is 15.1. The molecule has 0 amide bonds. The molecule has 0 spiro atoms. The van der Waals surface area contributed by atoms with Crippen LogP contribution >= 0.6 is 0 Å². The molecule has 1 aromatic carbocycles. The minimum Gasteiger partial charge on any atom is -0.393 e. The SMILES string of the molecule is Cc1ccc(Nc2ncnc(NC3CCCCC3)c2N)cc1. The zero-order valence-corrected chi connectivity index (χ0v) is 13.0. The molecule has 0 saturated heterocycles. The lowest BCUT2D eigenvalue weighted by Gasteiger charge is -2.24. The third-order valence-corrected chi connectivity index (χ3v) is 4.14. The second kappa shape index (κ2) is 6.64. The fraction of sp³-hybridized carbons (Fsp3) is 0.412. The Morgan fingerprint density at radius 1 is 1.00 bits per heavy atom. The van der Waals surface area contributed by atoms with E-state index in [4.69, 9.17) is 5.73 Å². The van der Waals surface area contributed by atoms with Crippen molar-refractivity contribution >= 4 is 23.0 Å². The summed E-state index contributed by atoms with van der Waals surface area (Å²) in [7, 11) is 0.